The third kappa shape index (κ3) is 3.15. The molecule has 1 unspecified atom stereocenters. The second-order valence-electron chi connectivity index (χ2n) is 3.47. The zero-order valence-electron chi connectivity index (χ0n) is 9.25. The number of rotatable bonds is 5. The van der Waals surface area contributed by atoms with Gasteiger partial charge in [-0.15, -0.1) is 0 Å². The Bertz CT molecular complexity index is 447. The molecular weight excluding hydrogens is 226 g/mol. The second-order valence-corrected chi connectivity index (χ2v) is 3.47. The number of nitrogens with two attached hydrogens (primary N) is 2. The van der Waals surface area contributed by atoms with Crippen LogP contribution in [-0.4, -0.2) is 17.9 Å². The topological polar surface area (TPSA) is 121 Å². The first-order valence-electron chi connectivity index (χ1n) is 4.82. The highest BCUT2D eigenvalue weighted by Crippen LogP contribution is 2.29. The van der Waals surface area contributed by atoms with E-state index < -0.39 is 16.9 Å². The zero-order valence-corrected chi connectivity index (χ0v) is 9.25. The Morgan fingerprint density at radius 3 is 2.71 bits per heavy atom. The molecule has 0 heterocycles. The molecule has 1 rings (SSSR count). The number of ether oxygens (including phenoxy) is 1. The summed E-state index contributed by atoms with van der Waals surface area (Å²) < 4.78 is 4.85. The highest BCUT2D eigenvalue weighted by molar-refractivity contribution is 5.74. The van der Waals surface area contributed by atoms with Crippen LogP contribution in [0.1, 0.15) is 18.0 Å². The van der Waals surface area contributed by atoms with Crippen LogP contribution in [0.2, 0.25) is 0 Å². The molecule has 0 spiro atoms. The number of carbonyl (C=O) groups excluding carboxylic acids is 1. The van der Waals surface area contributed by atoms with Crippen LogP contribution in [0.3, 0.4) is 0 Å². The Kier molecular flexibility index (Phi) is 4.00. The molecule has 4 N–H and O–H groups in total. The molecule has 0 fully saturated rings. The van der Waals surface area contributed by atoms with E-state index in [1.807, 2.05) is 0 Å². The Balaban J connectivity index is 3.07. The second kappa shape index (κ2) is 5.26. The SMILES string of the molecule is COc1ccc(C(N)CC(N)=O)cc1[N+](=O)[O-]. The van der Waals surface area contributed by atoms with Gasteiger partial charge in [0, 0.05) is 18.5 Å². The van der Waals surface area contributed by atoms with Crippen LogP contribution in [-0.2, 0) is 4.79 Å². The maximum atomic E-state index is 10.8. The van der Waals surface area contributed by atoms with Gasteiger partial charge in [0.1, 0.15) is 0 Å². The van der Waals surface area contributed by atoms with Crippen LogP contribution in [0.15, 0.2) is 18.2 Å². The number of hydrogen-bond acceptors (Lipinski definition) is 5. The van der Waals surface area contributed by atoms with E-state index in [1.54, 1.807) is 6.07 Å². The van der Waals surface area contributed by atoms with E-state index in [2.05, 4.69) is 0 Å². The van der Waals surface area contributed by atoms with Gasteiger partial charge in [-0.1, -0.05) is 6.07 Å². The Hall–Kier alpha value is -2.15. The lowest BCUT2D eigenvalue weighted by atomic mass is 10.0. The molecule has 7 nitrogen and oxygen atoms in total. The number of amides is 1. The summed E-state index contributed by atoms with van der Waals surface area (Å²) in [6.45, 7) is 0. The summed E-state index contributed by atoms with van der Waals surface area (Å²) >= 11 is 0. The molecule has 1 aromatic rings. The first-order chi connectivity index (χ1) is 7.95. The van der Waals surface area contributed by atoms with Crippen LogP contribution in [0.5, 0.6) is 5.75 Å². The van der Waals surface area contributed by atoms with E-state index in [0.717, 1.165) is 0 Å². The third-order valence-corrected chi connectivity index (χ3v) is 2.25. The summed E-state index contributed by atoms with van der Waals surface area (Å²) in [4.78, 5) is 20.9. The fourth-order valence-corrected chi connectivity index (χ4v) is 1.41. The van der Waals surface area contributed by atoms with Gasteiger partial charge in [0.15, 0.2) is 5.75 Å². The first kappa shape index (κ1) is 12.9. The van der Waals surface area contributed by atoms with Crippen LogP contribution < -0.4 is 16.2 Å². The summed E-state index contributed by atoms with van der Waals surface area (Å²) in [6.07, 6.45) is -0.0660. The maximum Gasteiger partial charge on any atom is 0.311 e. The molecule has 0 radical (unpaired) electrons. The van der Waals surface area contributed by atoms with E-state index in [0.29, 0.717) is 5.56 Å². The number of methoxy groups -OCH3 is 1. The van der Waals surface area contributed by atoms with Crippen LogP contribution >= 0.6 is 0 Å². The minimum Gasteiger partial charge on any atom is -0.490 e. The Morgan fingerprint density at radius 2 is 2.24 bits per heavy atom. The number of primary amides is 1. The predicted molar refractivity (Wildman–Crippen MR) is 60.4 cm³/mol. The van der Waals surface area contributed by atoms with Crippen molar-refractivity contribution in [1.82, 2.24) is 0 Å². The number of hydrogen-bond donors (Lipinski definition) is 2. The predicted octanol–water partition coefficient (Wildman–Crippen LogP) is 0.479. The van der Waals surface area contributed by atoms with Crippen molar-refractivity contribution >= 4 is 11.6 Å². The summed E-state index contributed by atoms with van der Waals surface area (Å²) in [5, 5.41) is 10.8. The lowest BCUT2D eigenvalue weighted by Gasteiger charge is -2.10. The van der Waals surface area contributed by atoms with Crippen molar-refractivity contribution in [2.45, 2.75) is 12.5 Å². The molecule has 7 heteroatoms. The van der Waals surface area contributed by atoms with Gasteiger partial charge in [0.05, 0.1) is 12.0 Å². The van der Waals surface area contributed by atoms with Crippen molar-refractivity contribution in [1.29, 1.82) is 0 Å². The average molecular weight is 239 g/mol. The molecule has 92 valence electrons. The van der Waals surface area contributed by atoms with E-state index >= 15 is 0 Å². The normalized spacial score (nSPS) is 11.9. The highest BCUT2D eigenvalue weighted by Gasteiger charge is 2.18. The van der Waals surface area contributed by atoms with Crippen molar-refractivity contribution < 1.29 is 14.5 Å². The summed E-state index contributed by atoms with van der Waals surface area (Å²) in [7, 11) is 1.34. The number of carbonyl (C=O) groups is 1. The Morgan fingerprint density at radius 1 is 1.59 bits per heavy atom. The lowest BCUT2D eigenvalue weighted by Crippen LogP contribution is -2.20. The molecule has 0 saturated heterocycles. The fraction of sp³-hybridized carbons (Fsp3) is 0.300. The minimum atomic E-state index is -0.655. The van der Waals surface area contributed by atoms with Crippen molar-refractivity contribution in [3.63, 3.8) is 0 Å². The molecule has 1 atom stereocenters. The van der Waals surface area contributed by atoms with E-state index in [1.165, 1.54) is 19.2 Å². The Labute approximate surface area is 97.5 Å². The number of nitro groups is 1. The summed E-state index contributed by atoms with van der Waals surface area (Å²) in [6, 6.07) is 3.64. The smallest absolute Gasteiger partial charge is 0.311 e. The fourth-order valence-electron chi connectivity index (χ4n) is 1.41. The van der Waals surface area contributed by atoms with Crippen molar-refractivity contribution in [2.24, 2.45) is 11.5 Å². The number of nitro benzene ring substituents is 1. The van der Waals surface area contributed by atoms with Gasteiger partial charge >= 0.3 is 5.69 Å². The molecule has 0 aromatic heterocycles. The number of benzene rings is 1. The molecule has 0 aliphatic carbocycles. The molecule has 1 aromatic carbocycles. The van der Waals surface area contributed by atoms with Crippen molar-refractivity contribution in [3.8, 4) is 5.75 Å². The quantitative estimate of drug-likeness (QED) is 0.571. The summed E-state index contributed by atoms with van der Waals surface area (Å²) in [5.41, 5.74) is 11.0. The largest absolute Gasteiger partial charge is 0.490 e. The van der Waals surface area contributed by atoms with E-state index in [9.17, 15) is 14.9 Å². The first-order valence-corrected chi connectivity index (χ1v) is 4.82. The maximum absolute atomic E-state index is 10.8. The van der Waals surface area contributed by atoms with Gasteiger partial charge in [0.2, 0.25) is 5.91 Å². The van der Waals surface area contributed by atoms with Gasteiger partial charge in [0.25, 0.3) is 0 Å². The minimum absolute atomic E-state index is 0.0660. The summed E-state index contributed by atoms with van der Waals surface area (Å²) in [5.74, 6) is -0.416. The zero-order chi connectivity index (χ0) is 13.0. The lowest BCUT2D eigenvalue weighted by molar-refractivity contribution is -0.385. The molecule has 0 aliphatic heterocycles. The standard InChI is InChI=1S/C10H13N3O4/c1-17-9-3-2-6(4-8(9)13(15)16)7(11)5-10(12)14/h2-4,7H,5,11H2,1H3,(H2,12,14). The van der Waals surface area contributed by atoms with Gasteiger partial charge < -0.3 is 16.2 Å². The molecule has 17 heavy (non-hydrogen) atoms. The highest BCUT2D eigenvalue weighted by atomic mass is 16.6. The molecular formula is C10H13N3O4. The van der Waals surface area contributed by atoms with Crippen LogP contribution in [0.4, 0.5) is 5.69 Å². The van der Waals surface area contributed by atoms with E-state index in [4.69, 9.17) is 16.2 Å². The monoisotopic (exact) mass is 239 g/mol. The van der Waals surface area contributed by atoms with Gasteiger partial charge in [-0.05, 0) is 11.6 Å². The van der Waals surface area contributed by atoms with Gasteiger partial charge in [-0.25, -0.2) is 0 Å². The van der Waals surface area contributed by atoms with Crippen molar-refractivity contribution in [2.75, 3.05) is 7.11 Å². The van der Waals surface area contributed by atoms with Gasteiger partial charge in [-0.3, -0.25) is 14.9 Å². The average Bonchev–Trinajstić information content (AvgIpc) is 2.27. The molecule has 0 aliphatic rings. The molecule has 0 saturated carbocycles. The van der Waals surface area contributed by atoms with Crippen LogP contribution in [0.25, 0.3) is 0 Å². The van der Waals surface area contributed by atoms with Crippen molar-refractivity contribution in [3.05, 3.63) is 33.9 Å². The van der Waals surface area contributed by atoms with Gasteiger partial charge in [-0.2, -0.15) is 0 Å². The number of nitrogens with zero attached hydrogens (tertiary/aromatic N) is 1. The van der Waals surface area contributed by atoms with Crippen LogP contribution in [0, 0.1) is 10.1 Å². The van der Waals surface area contributed by atoms with E-state index in [-0.39, 0.29) is 17.9 Å². The molecule has 0 bridgehead atoms. The molecule has 1 amide bonds. The third-order valence-electron chi connectivity index (χ3n) is 2.25.